The van der Waals surface area contributed by atoms with E-state index in [0.717, 1.165) is 25.7 Å². The van der Waals surface area contributed by atoms with Crippen LogP contribution in [0.2, 0.25) is 0 Å². The van der Waals surface area contributed by atoms with E-state index in [9.17, 15) is 9.59 Å². The lowest BCUT2D eigenvalue weighted by molar-refractivity contribution is -0.137. The van der Waals surface area contributed by atoms with E-state index in [-0.39, 0.29) is 18.4 Å². The van der Waals surface area contributed by atoms with E-state index in [2.05, 4.69) is 6.92 Å². The molecule has 1 N–H and O–H groups in total. The summed E-state index contributed by atoms with van der Waals surface area (Å²) in [6.07, 6.45) is 3.57. The summed E-state index contributed by atoms with van der Waals surface area (Å²) in [5.74, 6) is -1.18. The molecule has 0 radical (unpaired) electrons. The number of hydrogen-bond acceptors (Lipinski definition) is 2. The van der Waals surface area contributed by atoms with E-state index >= 15 is 0 Å². The molecule has 20 heavy (non-hydrogen) atoms. The zero-order valence-electron chi connectivity index (χ0n) is 12.2. The normalized spacial score (nSPS) is 11.9. The maximum Gasteiger partial charge on any atom is 0.323 e. The highest BCUT2D eigenvalue weighted by atomic mass is 16.4. The molecule has 1 unspecified atom stereocenters. The number of rotatable bonds is 8. The molecular weight excluding hydrogens is 254 g/mol. The summed E-state index contributed by atoms with van der Waals surface area (Å²) < 4.78 is 0. The highest BCUT2D eigenvalue weighted by Gasteiger charge is 2.25. The Morgan fingerprint density at radius 3 is 2.35 bits per heavy atom. The number of aliphatic carboxylic acids is 1. The van der Waals surface area contributed by atoms with Crippen LogP contribution in [0.3, 0.4) is 0 Å². The number of hydrogen-bond donors (Lipinski definition) is 1. The van der Waals surface area contributed by atoms with Gasteiger partial charge in [0.1, 0.15) is 6.54 Å². The van der Waals surface area contributed by atoms with E-state index in [4.69, 9.17) is 5.11 Å². The summed E-state index contributed by atoms with van der Waals surface area (Å²) in [5, 5.41) is 9.03. The number of carbonyl (C=O) groups excluding carboxylic acids is 1. The predicted octanol–water partition coefficient (Wildman–Crippen LogP) is 3.32. The van der Waals surface area contributed by atoms with Crippen LogP contribution in [-0.4, -0.2) is 23.5 Å². The van der Waals surface area contributed by atoms with Gasteiger partial charge in [-0.2, -0.15) is 0 Å². The van der Waals surface area contributed by atoms with E-state index in [0.29, 0.717) is 5.69 Å². The van der Waals surface area contributed by atoms with Crippen LogP contribution in [0, 0.1) is 5.92 Å². The Kier molecular flexibility index (Phi) is 6.77. The number of amides is 1. The lowest BCUT2D eigenvalue weighted by atomic mass is 9.97. The van der Waals surface area contributed by atoms with Crippen LogP contribution >= 0.6 is 0 Å². The summed E-state index contributed by atoms with van der Waals surface area (Å²) in [4.78, 5) is 25.0. The second kappa shape index (κ2) is 8.35. The molecule has 110 valence electrons. The Morgan fingerprint density at radius 2 is 1.85 bits per heavy atom. The number of carbonyl (C=O) groups is 2. The van der Waals surface area contributed by atoms with E-state index < -0.39 is 5.97 Å². The van der Waals surface area contributed by atoms with Crippen molar-refractivity contribution in [3.8, 4) is 0 Å². The maximum atomic E-state index is 12.6. The van der Waals surface area contributed by atoms with Gasteiger partial charge in [0.2, 0.25) is 5.91 Å². The van der Waals surface area contributed by atoms with Gasteiger partial charge in [-0.3, -0.25) is 9.59 Å². The lowest BCUT2D eigenvalue weighted by Crippen LogP contribution is -2.39. The Labute approximate surface area is 120 Å². The molecule has 0 aliphatic rings. The number of carboxylic acids is 1. The van der Waals surface area contributed by atoms with E-state index in [1.54, 1.807) is 12.1 Å². The molecule has 0 spiro atoms. The van der Waals surface area contributed by atoms with Gasteiger partial charge in [-0.15, -0.1) is 0 Å². The van der Waals surface area contributed by atoms with Gasteiger partial charge in [0.25, 0.3) is 0 Å². The summed E-state index contributed by atoms with van der Waals surface area (Å²) in [5.41, 5.74) is 0.648. The molecule has 1 aromatic carbocycles. The monoisotopic (exact) mass is 277 g/mol. The van der Waals surface area contributed by atoms with Gasteiger partial charge in [0, 0.05) is 11.6 Å². The molecule has 0 saturated heterocycles. The van der Waals surface area contributed by atoms with Crippen molar-refractivity contribution in [3.63, 3.8) is 0 Å². The van der Waals surface area contributed by atoms with Crippen LogP contribution in [0.25, 0.3) is 0 Å². The smallest absolute Gasteiger partial charge is 0.323 e. The largest absolute Gasteiger partial charge is 0.480 e. The van der Waals surface area contributed by atoms with Crippen molar-refractivity contribution in [2.24, 2.45) is 5.92 Å². The lowest BCUT2D eigenvalue weighted by Gasteiger charge is -2.25. The number of carboxylic acid groups (broad SMARTS) is 1. The van der Waals surface area contributed by atoms with Crippen molar-refractivity contribution < 1.29 is 14.7 Å². The molecule has 1 rings (SSSR count). The fraction of sp³-hybridized carbons (Fsp3) is 0.500. The second-order valence-electron chi connectivity index (χ2n) is 4.90. The molecule has 0 aliphatic heterocycles. The van der Waals surface area contributed by atoms with Gasteiger partial charge in [-0.05, 0) is 25.0 Å². The standard InChI is InChI=1S/C16H23NO3/c1-3-5-9-13(4-2)16(20)17(12-15(18)19)14-10-7-6-8-11-14/h6-8,10-11,13H,3-5,9,12H2,1-2H3,(H,18,19). The molecule has 1 amide bonds. The zero-order valence-corrected chi connectivity index (χ0v) is 12.2. The first kappa shape index (κ1) is 16.2. The van der Waals surface area contributed by atoms with Crippen molar-refractivity contribution in [1.29, 1.82) is 0 Å². The van der Waals surface area contributed by atoms with Gasteiger partial charge >= 0.3 is 5.97 Å². The molecule has 4 nitrogen and oxygen atoms in total. The average Bonchev–Trinajstić information content (AvgIpc) is 2.46. The molecule has 0 fully saturated rings. The van der Waals surface area contributed by atoms with Crippen molar-refractivity contribution >= 4 is 17.6 Å². The van der Waals surface area contributed by atoms with E-state index in [1.807, 2.05) is 25.1 Å². The van der Waals surface area contributed by atoms with Crippen molar-refractivity contribution in [2.45, 2.75) is 39.5 Å². The molecule has 0 heterocycles. The number of unbranched alkanes of at least 4 members (excludes halogenated alkanes) is 1. The first-order valence-electron chi connectivity index (χ1n) is 7.18. The Bertz CT molecular complexity index is 431. The second-order valence-corrected chi connectivity index (χ2v) is 4.90. The molecule has 4 heteroatoms. The molecule has 1 atom stereocenters. The van der Waals surface area contributed by atoms with Gasteiger partial charge in [0.05, 0.1) is 0 Å². The van der Waals surface area contributed by atoms with E-state index in [1.165, 1.54) is 4.90 Å². The number of nitrogens with zero attached hydrogens (tertiary/aromatic N) is 1. The summed E-state index contributed by atoms with van der Waals surface area (Å²) in [7, 11) is 0. The van der Waals surface area contributed by atoms with Gasteiger partial charge in [0.15, 0.2) is 0 Å². The minimum Gasteiger partial charge on any atom is -0.480 e. The SMILES string of the molecule is CCCCC(CC)C(=O)N(CC(=O)O)c1ccccc1. The maximum absolute atomic E-state index is 12.6. The molecule has 0 aromatic heterocycles. The van der Waals surface area contributed by atoms with Crippen LogP contribution in [-0.2, 0) is 9.59 Å². The minimum atomic E-state index is -0.993. The van der Waals surface area contributed by atoms with Crippen molar-refractivity contribution in [2.75, 3.05) is 11.4 Å². The summed E-state index contributed by atoms with van der Waals surface area (Å²) in [6, 6.07) is 9.01. The number of anilines is 1. The van der Waals surface area contributed by atoms with Crippen LogP contribution in [0.1, 0.15) is 39.5 Å². The first-order valence-corrected chi connectivity index (χ1v) is 7.18. The first-order chi connectivity index (χ1) is 9.60. The molecule has 0 bridgehead atoms. The molecular formula is C16H23NO3. The Hall–Kier alpha value is -1.84. The number of benzene rings is 1. The molecule has 0 saturated carbocycles. The highest BCUT2D eigenvalue weighted by molar-refractivity contribution is 5.98. The zero-order chi connectivity index (χ0) is 15.0. The van der Waals surface area contributed by atoms with Crippen molar-refractivity contribution in [3.05, 3.63) is 30.3 Å². The molecule has 1 aromatic rings. The van der Waals surface area contributed by atoms with Crippen molar-refractivity contribution in [1.82, 2.24) is 0 Å². The highest BCUT2D eigenvalue weighted by Crippen LogP contribution is 2.21. The Morgan fingerprint density at radius 1 is 1.20 bits per heavy atom. The average molecular weight is 277 g/mol. The van der Waals surface area contributed by atoms with Crippen LogP contribution in [0.4, 0.5) is 5.69 Å². The quantitative estimate of drug-likeness (QED) is 0.793. The minimum absolute atomic E-state index is 0.0884. The summed E-state index contributed by atoms with van der Waals surface area (Å²) >= 11 is 0. The van der Waals surface area contributed by atoms with Gasteiger partial charge in [-0.1, -0.05) is 44.9 Å². The number of para-hydroxylation sites is 1. The fourth-order valence-corrected chi connectivity index (χ4v) is 2.21. The third kappa shape index (κ3) is 4.68. The van der Waals surface area contributed by atoms with Crippen LogP contribution < -0.4 is 4.90 Å². The van der Waals surface area contributed by atoms with Crippen LogP contribution in [0.5, 0.6) is 0 Å². The topological polar surface area (TPSA) is 57.6 Å². The fourth-order valence-electron chi connectivity index (χ4n) is 2.21. The Balaban J connectivity index is 2.92. The summed E-state index contributed by atoms with van der Waals surface area (Å²) in [6.45, 7) is 3.77. The molecule has 0 aliphatic carbocycles. The van der Waals surface area contributed by atoms with Gasteiger partial charge < -0.3 is 10.0 Å². The van der Waals surface area contributed by atoms with Gasteiger partial charge in [-0.25, -0.2) is 0 Å². The third-order valence-electron chi connectivity index (χ3n) is 3.38. The predicted molar refractivity (Wildman–Crippen MR) is 79.7 cm³/mol. The van der Waals surface area contributed by atoms with Crippen LogP contribution in [0.15, 0.2) is 30.3 Å². The third-order valence-corrected chi connectivity index (χ3v) is 3.38.